The number of nitrogens with one attached hydrogen (secondary N) is 1. The van der Waals surface area contributed by atoms with Gasteiger partial charge >= 0.3 is 99.9 Å². The first-order valence-electron chi connectivity index (χ1n) is 48.2. The number of nitrogens with zero attached hydrogens (tertiary/aromatic N) is 6. The first-order chi connectivity index (χ1) is 62.0. The number of carboxylic acids is 2. The molecular formula is C99H168FIKN7O27. The van der Waals surface area contributed by atoms with Crippen LogP contribution in [-0.4, -0.2) is 329 Å². The molecule has 37 heteroatoms. The fraction of sp³-hybridized carbons (Fsp3) is 0.818. The van der Waals surface area contributed by atoms with E-state index in [4.69, 9.17) is 71.4 Å². The molecule has 0 aromatic heterocycles. The summed E-state index contributed by atoms with van der Waals surface area (Å²) in [7, 11) is 0. The molecule has 14 aliphatic heterocycles. The van der Waals surface area contributed by atoms with Gasteiger partial charge in [-0.05, 0) is 258 Å². The molecule has 0 spiro atoms. The van der Waals surface area contributed by atoms with Gasteiger partial charge in [0.15, 0.2) is 0 Å². The Kier molecular flexibility index (Phi) is 49.5. The average Bonchev–Trinajstić information content (AvgIpc) is 1.63. The summed E-state index contributed by atoms with van der Waals surface area (Å²) in [5.74, 6) is -1.53. The molecule has 1 aromatic carbocycles. The van der Waals surface area contributed by atoms with Crippen molar-refractivity contribution in [3.05, 3.63) is 48.0 Å². The van der Waals surface area contributed by atoms with Crippen LogP contribution in [0.4, 0.5) is 33.5 Å². The van der Waals surface area contributed by atoms with Crippen molar-refractivity contribution in [2.45, 2.75) is 398 Å². The number of halogens is 2. The molecule has 14 heterocycles. The predicted molar refractivity (Wildman–Crippen MR) is 517 cm³/mol. The van der Waals surface area contributed by atoms with Crippen LogP contribution in [0.5, 0.6) is 0 Å². The number of Topliss-reactive ketones (excluding diaryl/α,β-unsaturated/α-hetero) is 1. The molecule has 19 atom stereocenters. The van der Waals surface area contributed by atoms with Crippen molar-refractivity contribution >= 4 is 84.5 Å². The zero-order valence-electron chi connectivity index (χ0n) is 84.9. The van der Waals surface area contributed by atoms with Gasteiger partial charge in [-0.1, -0.05) is 49.9 Å². The second-order valence-electron chi connectivity index (χ2n) is 43.8. The van der Waals surface area contributed by atoms with Crippen LogP contribution in [-0.2, 0) is 92.1 Å². The van der Waals surface area contributed by atoms with E-state index >= 15 is 0 Å². The number of aliphatic carboxylic acids is 2. The van der Waals surface area contributed by atoms with E-state index in [9.17, 15) is 58.2 Å². The third-order valence-corrected chi connectivity index (χ3v) is 25.4. The summed E-state index contributed by atoms with van der Waals surface area (Å²) in [4.78, 5) is 130. The van der Waals surface area contributed by atoms with Crippen molar-refractivity contribution in [3.63, 3.8) is 0 Å². The fourth-order valence-corrected chi connectivity index (χ4v) is 19.4. The van der Waals surface area contributed by atoms with E-state index in [2.05, 4.69) is 24.0 Å². The SMILES string of the molecule is C.C=C1CCC2COCC(C1)N2C(=O)OC(C)(C)C.CC(C)(C)OC(=O)N1C2CCC(=O)CC1COC2.CC(C)(C)OC(=O)N1C2CCC(C(=O)O)CC1COC2.CC(C)(C)OC(=O)N1C2CCC(C=O)CC1COC2.CC(C)(C)OC(=O)N1C2CCC(CO)CC1COC2.CC(C)(C)OC(=O)N1C2CCC(OCc3ccccc3)CC1COC2.F.I.O=C(O)C1CCC2COCC(C1)N2.[H-].[HH].[K+]. The van der Waals surface area contributed by atoms with Gasteiger partial charge in [-0.25, -0.2) is 28.8 Å². The Bertz CT molecular complexity index is 3860. The number of ketones is 1. The van der Waals surface area contributed by atoms with Crippen LogP contribution in [0.25, 0.3) is 0 Å². The number of ether oxygens (including phenoxy) is 14. The number of hydrogen-bond acceptors (Lipinski definition) is 26. The topological polar surface area (TPSA) is 392 Å². The van der Waals surface area contributed by atoms with Crippen LogP contribution in [0.2, 0.25) is 0 Å². The van der Waals surface area contributed by atoms with Crippen LogP contribution < -0.4 is 56.7 Å². The maximum Gasteiger partial charge on any atom is 1.00 e. The third kappa shape index (κ3) is 39.5. The van der Waals surface area contributed by atoms with Crippen LogP contribution in [0.15, 0.2) is 42.5 Å². The summed E-state index contributed by atoms with van der Waals surface area (Å²) in [6, 6.07) is 10.8. The van der Waals surface area contributed by atoms with Gasteiger partial charge in [0.1, 0.15) is 45.7 Å². The molecule has 4 N–H and O–H groups in total. The molecule has 6 amide bonds. The van der Waals surface area contributed by atoms with Gasteiger partial charge in [-0.3, -0.25) is 48.5 Å². The molecule has 776 valence electrons. The van der Waals surface area contributed by atoms with Crippen molar-refractivity contribution in [3.8, 4) is 0 Å². The molecular weight excluding hydrogens is 1900 g/mol. The van der Waals surface area contributed by atoms with Crippen LogP contribution in [0.3, 0.4) is 0 Å². The minimum Gasteiger partial charge on any atom is -1.00 e. The smallest absolute Gasteiger partial charge is 1.00 e. The molecule has 14 aliphatic rings. The first kappa shape index (κ1) is 121. The normalized spacial score (nSPS) is 29.7. The van der Waals surface area contributed by atoms with Crippen molar-refractivity contribution < 1.29 is 189 Å². The third-order valence-electron chi connectivity index (χ3n) is 25.4. The van der Waals surface area contributed by atoms with Crippen molar-refractivity contribution in [2.75, 3.05) is 99.1 Å². The number of rotatable bonds is 7. The number of morpholine rings is 7. The number of benzene rings is 1. The van der Waals surface area contributed by atoms with Crippen LogP contribution in [0, 0.1) is 23.7 Å². The Hall–Kier alpha value is -5.24. The molecule has 0 saturated carbocycles. The van der Waals surface area contributed by atoms with E-state index in [1.807, 2.05) is 158 Å². The van der Waals surface area contributed by atoms with Crippen molar-refractivity contribution in [2.24, 2.45) is 23.7 Å². The number of hydrogen-bond donors (Lipinski definition) is 4. The maximum atomic E-state index is 12.7. The molecule has 14 bridgehead atoms. The van der Waals surface area contributed by atoms with E-state index in [0.29, 0.717) is 150 Å². The van der Waals surface area contributed by atoms with Crippen molar-refractivity contribution in [1.82, 2.24) is 34.7 Å². The predicted octanol–water partition coefficient (Wildman–Crippen LogP) is 12.9. The summed E-state index contributed by atoms with van der Waals surface area (Å²) >= 11 is 0. The van der Waals surface area contributed by atoms with E-state index in [-0.39, 0.29) is 242 Å². The Morgan fingerprint density at radius 1 is 0.412 bits per heavy atom. The van der Waals surface area contributed by atoms with Gasteiger partial charge in [0, 0.05) is 38.9 Å². The maximum absolute atomic E-state index is 12.7. The van der Waals surface area contributed by atoms with Gasteiger partial charge in [-0.2, -0.15) is 0 Å². The second kappa shape index (κ2) is 55.6. The second-order valence-corrected chi connectivity index (χ2v) is 43.8. The number of fused-ring (bicyclic) bond motifs is 14. The number of aliphatic hydroxyl groups is 1. The quantitative estimate of drug-likeness (QED) is 0.0647. The molecule has 34 nitrogen and oxygen atoms in total. The molecule has 0 aliphatic carbocycles. The fourth-order valence-electron chi connectivity index (χ4n) is 19.4. The summed E-state index contributed by atoms with van der Waals surface area (Å²) in [6.45, 7) is 46.2. The Balaban J connectivity index is 0.000000414. The molecule has 15 rings (SSSR count). The van der Waals surface area contributed by atoms with E-state index in [1.54, 1.807) is 14.7 Å². The standard InChI is InChI=1S/C20H29NO4.C14H23NO5.C14H25NO4.C14H23NO4.C14H23NO3.C13H21NO4.C9H15NO3.CH4.FH.HI.K.H2.H/c1-20(2,3)25-19(22)21-16-9-10-18(11-17(21)14-23-13-16)24-12-15-7-5-4-6-8-15;1-14(2,3)20-13(18)15-10-5-4-9(12(16)17)6-11(15)8-19-7-10;2*1-14(2,3)19-13(17)15-11-5-4-10(7-16)6-12(15)9-18-8-11;1-10-5-6-11-8-17-9-12(7-10)15(11)13(16)18-14(2,3)4;1-13(2,3)18-12(16)14-9-4-5-11(15)6-10(14)8-17-7-9;11-9(12)6-1-2-7-4-13-5-8(3-6)10-7;;;;;;/h4-8,16-18H,9-14H2,1-3H3;9-11H,4-8H2,1-3H3,(H,16,17);10-12,16H,4-9H2,1-3H3;7,10-12H,4-6,8-9H2,1-3H3;11-12H,1,5-9H2,2-4H3;9-10H,4-8H2,1-3H3;6-8,10H,1-5H2,(H,11,12);1H4;2*1H;;1H;/q;;;;;;;;;;+1;;-1. The zero-order chi connectivity index (χ0) is 96.8. The van der Waals surface area contributed by atoms with Crippen LogP contribution >= 0.6 is 24.0 Å². The number of carbonyl (C=O) groups is 10. The molecule has 14 fully saturated rings. The van der Waals surface area contributed by atoms with Gasteiger partial charge in [0.2, 0.25) is 0 Å². The van der Waals surface area contributed by atoms with E-state index in [0.717, 1.165) is 96.4 Å². The van der Waals surface area contributed by atoms with Crippen molar-refractivity contribution in [1.29, 1.82) is 0 Å². The number of aldehydes is 1. The minimum atomic E-state index is -0.790. The van der Waals surface area contributed by atoms with Gasteiger partial charge in [-0.15, -0.1) is 24.0 Å². The summed E-state index contributed by atoms with van der Waals surface area (Å²) in [6.07, 6.45) is 15.5. The Morgan fingerprint density at radius 2 is 0.735 bits per heavy atom. The molecule has 1 aromatic rings. The number of aliphatic hydroxyl groups excluding tert-OH is 1. The minimum absolute atomic E-state index is 0. The molecule has 19 unspecified atom stereocenters. The Morgan fingerprint density at radius 3 is 1.15 bits per heavy atom. The average molecular weight is 2070 g/mol. The first-order valence-corrected chi connectivity index (χ1v) is 48.2. The molecule has 14 saturated heterocycles. The van der Waals surface area contributed by atoms with E-state index < -0.39 is 51.5 Å². The zero-order valence-corrected chi connectivity index (χ0v) is 89.4. The number of carbonyl (C=O) groups excluding carboxylic acids is 8. The summed E-state index contributed by atoms with van der Waals surface area (Å²) < 4.78 is 78.0. The summed E-state index contributed by atoms with van der Waals surface area (Å²) in [5, 5.41) is 30.9. The van der Waals surface area contributed by atoms with Gasteiger partial charge in [0.05, 0.1) is 190 Å². The van der Waals surface area contributed by atoms with Gasteiger partial charge in [0.25, 0.3) is 0 Å². The monoisotopic (exact) mass is 2070 g/mol. The summed E-state index contributed by atoms with van der Waals surface area (Å²) in [5.41, 5.74) is -0.584. The van der Waals surface area contributed by atoms with Crippen LogP contribution in [0.1, 0.15) is 275 Å². The number of carboxylic acid groups (broad SMARTS) is 2. The molecule has 0 radical (unpaired) electrons. The molecule has 136 heavy (non-hydrogen) atoms. The van der Waals surface area contributed by atoms with Gasteiger partial charge < -0.3 is 93.2 Å². The largest absolute Gasteiger partial charge is 1.00 e. The number of amides is 6. The Labute approximate surface area is 869 Å². The van der Waals surface area contributed by atoms with E-state index in [1.165, 1.54) is 11.1 Å².